The minimum atomic E-state index is -1.17. The molecule has 3 heterocycles. The molecular formula is C32H44N6O6. The molecule has 1 unspecified atom stereocenters. The number of fused-ring (bicyclic) bond motifs is 1. The number of hydrogen-bond acceptors (Lipinski definition) is 7. The number of aromatic nitrogens is 2. The van der Waals surface area contributed by atoms with E-state index in [1.165, 1.54) is 11.2 Å². The topological polar surface area (TPSA) is 163 Å². The van der Waals surface area contributed by atoms with Crippen LogP contribution in [0.4, 0.5) is 0 Å². The van der Waals surface area contributed by atoms with Crippen LogP contribution in [-0.2, 0) is 36.9 Å². The molecule has 12 nitrogen and oxygen atoms in total. The van der Waals surface area contributed by atoms with Crippen molar-refractivity contribution in [1.29, 1.82) is 0 Å². The number of hydrogen-bond donors (Lipinski definition) is 4. The first kappa shape index (κ1) is 32.8. The monoisotopic (exact) mass is 608 g/mol. The zero-order valence-corrected chi connectivity index (χ0v) is 25.5. The molecule has 2 fully saturated rings. The molecule has 0 saturated carbocycles. The normalized spacial score (nSPS) is 24.3. The van der Waals surface area contributed by atoms with Gasteiger partial charge in [-0.15, -0.1) is 0 Å². The maximum atomic E-state index is 13.8. The summed E-state index contributed by atoms with van der Waals surface area (Å²) in [5.74, 6) is -2.16. The van der Waals surface area contributed by atoms with E-state index in [0.717, 1.165) is 5.56 Å². The lowest BCUT2D eigenvalue weighted by molar-refractivity contribution is -0.144. The van der Waals surface area contributed by atoms with Crippen LogP contribution in [-0.4, -0.2) is 85.8 Å². The lowest BCUT2D eigenvalue weighted by atomic mass is 9.95. The molecule has 238 valence electrons. The fraction of sp³-hybridized carbons (Fsp3) is 0.562. The van der Waals surface area contributed by atoms with Crippen LogP contribution in [0.15, 0.2) is 49.1 Å². The molecule has 12 heteroatoms. The predicted octanol–water partition coefficient (Wildman–Crippen LogP) is 1.12. The average Bonchev–Trinajstić information content (AvgIpc) is 3.73. The average molecular weight is 609 g/mol. The highest BCUT2D eigenvalue weighted by Crippen LogP contribution is 2.23. The van der Waals surface area contributed by atoms with Gasteiger partial charge in [-0.3, -0.25) is 24.0 Å². The predicted molar refractivity (Wildman–Crippen MR) is 162 cm³/mol. The van der Waals surface area contributed by atoms with Crippen molar-refractivity contribution >= 4 is 29.4 Å². The molecule has 4 rings (SSSR count). The van der Waals surface area contributed by atoms with Crippen molar-refractivity contribution < 1.29 is 29.1 Å². The molecular weight excluding hydrogens is 564 g/mol. The molecule has 1 aromatic heterocycles. The number of ketones is 1. The number of nitrogens with zero attached hydrogens (tertiary/aromatic N) is 3. The smallest absolute Gasteiger partial charge is 0.246 e. The van der Waals surface area contributed by atoms with Crippen LogP contribution in [0.25, 0.3) is 0 Å². The molecule has 2 aliphatic heterocycles. The second-order valence-corrected chi connectivity index (χ2v) is 11.9. The highest BCUT2D eigenvalue weighted by molar-refractivity contribution is 5.98. The van der Waals surface area contributed by atoms with Crippen molar-refractivity contribution in [3.05, 3.63) is 54.6 Å². The molecule has 0 radical (unpaired) electrons. The van der Waals surface area contributed by atoms with Crippen molar-refractivity contribution in [2.75, 3.05) is 6.54 Å². The van der Waals surface area contributed by atoms with Crippen LogP contribution >= 0.6 is 0 Å². The van der Waals surface area contributed by atoms with E-state index >= 15 is 0 Å². The molecule has 0 bridgehead atoms. The van der Waals surface area contributed by atoms with Crippen LogP contribution in [0.1, 0.15) is 64.4 Å². The molecule has 1 aromatic carbocycles. The highest BCUT2D eigenvalue weighted by Gasteiger charge is 2.41. The Kier molecular flexibility index (Phi) is 11.6. The molecule has 2 aliphatic rings. The summed E-state index contributed by atoms with van der Waals surface area (Å²) in [5, 5.41) is 18.9. The van der Waals surface area contributed by atoms with Crippen LogP contribution in [0, 0.1) is 5.92 Å². The van der Waals surface area contributed by atoms with Crippen molar-refractivity contribution in [2.24, 2.45) is 5.92 Å². The fourth-order valence-electron chi connectivity index (χ4n) is 5.80. The number of aliphatic hydroxyl groups is 1. The maximum Gasteiger partial charge on any atom is 0.246 e. The molecule has 44 heavy (non-hydrogen) atoms. The van der Waals surface area contributed by atoms with Gasteiger partial charge >= 0.3 is 0 Å². The number of Topliss-reactive ketones (excluding diaryl/α,β-unsaturated/α-hetero) is 1. The van der Waals surface area contributed by atoms with Gasteiger partial charge in [0.25, 0.3) is 0 Å². The number of imidazole rings is 1. The summed E-state index contributed by atoms with van der Waals surface area (Å²) in [5.41, 5.74) is 0.833. The number of amides is 4. The van der Waals surface area contributed by atoms with E-state index in [4.69, 9.17) is 0 Å². The van der Waals surface area contributed by atoms with E-state index < -0.39 is 48.0 Å². The van der Waals surface area contributed by atoms with Gasteiger partial charge < -0.3 is 30.5 Å². The number of unbranched alkanes of at least 4 members (excludes halogenated alkanes) is 1. The number of carbonyl (C=O) groups excluding carboxylic acids is 5. The first-order valence-electron chi connectivity index (χ1n) is 15.6. The number of rotatable bonds is 12. The van der Waals surface area contributed by atoms with E-state index in [-0.39, 0.29) is 43.4 Å². The lowest BCUT2D eigenvalue weighted by Gasteiger charge is -2.34. The molecule has 2 aromatic rings. The van der Waals surface area contributed by atoms with Gasteiger partial charge in [0.2, 0.25) is 23.6 Å². The van der Waals surface area contributed by atoms with Gasteiger partial charge in [-0.1, -0.05) is 57.0 Å². The Morgan fingerprint density at radius 3 is 2.45 bits per heavy atom. The summed E-state index contributed by atoms with van der Waals surface area (Å²) in [7, 11) is 0. The van der Waals surface area contributed by atoms with Crippen molar-refractivity contribution in [2.45, 2.75) is 102 Å². The van der Waals surface area contributed by atoms with E-state index in [0.29, 0.717) is 38.6 Å². The van der Waals surface area contributed by atoms with Crippen LogP contribution in [0.5, 0.6) is 0 Å². The summed E-state index contributed by atoms with van der Waals surface area (Å²) in [6.45, 7) is 4.34. The van der Waals surface area contributed by atoms with Gasteiger partial charge in [0.05, 0.1) is 12.9 Å². The Hall–Kier alpha value is -4.06. The Morgan fingerprint density at radius 1 is 1.02 bits per heavy atom. The van der Waals surface area contributed by atoms with E-state index in [1.807, 2.05) is 44.2 Å². The second-order valence-electron chi connectivity index (χ2n) is 11.9. The molecule has 6 atom stereocenters. The van der Waals surface area contributed by atoms with E-state index in [2.05, 4.69) is 20.9 Å². The largest absolute Gasteiger partial charge is 0.383 e. The quantitative estimate of drug-likeness (QED) is 0.263. The third-order valence-corrected chi connectivity index (χ3v) is 8.64. The Balaban J connectivity index is 1.50. The number of nitrogens with one attached hydrogen (secondary N) is 3. The van der Waals surface area contributed by atoms with Gasteiger partial charge in [-0.05, 0) is 37.2 Å². The minimum absolute atomic E-state index is 0.110. The molecule has 4 amide bonds. The second kappa shape index (κ2) is 15.6. The van der Waals surface area contributed by atoms with Gasteiger partial charge in [0.1, 0.15) is 30.3 Å². The Morgan fingerprint density at radius 2 is 1.75 bits per heavy atom. The highest BCUT2D eigenvalue weighted by atomic mass is 16.3. The molecule has 4 N–H and O–H groups in total. The van der Waals surface area contributed by atoms with Gasteiger partial charge in [0, 0.05) is 31.8 Å². The van der Waals surface area contributed by atoms with Gasteiger partial charge in [0.15, 0.2) is 5.78 Å². The Labute approximate surface area is 258 Å². The molecule has 2 saturated heterocycles. The van der Waals surface area contributed by atoms with Crippen molar-refractivity contribution in [3.63, 3.8) is 0 Å². The third kappa shape index (κ3) is 8.52. The van der Waals surface area contributed by atoms with E-state index in [9.17, 15) is 29.1 Å². The summed E-state index contributed by atoms with van der Waals surface area (Å²) in [6.07, 6.45) is 6.69. The summed E-state index contributed by atoms with van der Waals surface area (Å²) >= 11 is 0. The molecule has 0 aliphatic carbocycles. The number of benzene rings is 1. The van der Waals surface area contributed by atoms with Gasteiger partial charge in [-0.2, -0.15) is 0 Å². The van der Waals surface area contributed by atoms with E-state index in [1.54, 1.807) is 17.0 Å². The van der Waals surface area contributed by atoms with Crippen molar-refractivity contribution in [1.82, 2.24) is 30.4 Å². The summed E-state index contributed by atoms with van der Waals surface area (Å²) in [6, 6.07) is 5.77. The van der Waals surface area contributed by atoms with Crippen LogP contribution in [0.3, 0.4) is 0 Å². The van der Waals surface area contributed by atoms with Gasteiger partial charge in [-0.25, -0.2) is 4.98 Å². The SMILES string of the molecule is CC[C@H](C)[C@@H]1NC(=O)[C@@H](Cc2ccccc2)NC(=O)[C@H](CCCCC(=O)C(O)Cn2ccnc2)NC(=O)[C@@H]2CCCN2C1=O. The van der Waals surface area contributed by atoms with Crippen molar-refractivity contribution in [3.8, 4) is 0 Å². The number of carbonyl (C=O) groups is 5. The maximum absolute atomic E-state index is 13.8. The third-order valence-electron chi connectivity index (χ3n) is 8.64. The first-order chi connectivity index (χ1) is 21.2. The zero-order chi connectivity index (χ0) is 31.6. The van der Waals surface area contributed by atoms with Crippen LogP contribution in [0.2, 0.25) is 0 Å². The first-order valence-corrected chi connectivity index (χ1v) is 15.6. The zero-order valence-electron chi connectivity index (χ0n) is 25.5. The summed E-state index contributed by atoms with van der Waals surface area (Å²) in [4.78, 5) is 72.5. The molecule has 0 spiro atoms. The number of aliphatic hydroxyl groups excluding tert-OH is 1. The summed E-state index contributed by atoms with van der Waals surface area (Å²) < 4.78 is 1.62. The minimum Gasteiger partial charge on any atom is -0.383 e. The standard InChI is InChI=1S/C32H44N6O6/c1-3-21(2)28-32(44)38-16-9-13-25(38)31(43)34-23(12-7-8-14-26(39)27(40)19-37-17-15-33-20-37)29(41)35-24(30(42)36-28)18-22-10-5-4-6-11-22/h4-6,10-11,15,17,20-21,23-25,27-28,40H,3,7-9,12-14,16,18-19H2,1-2H3,(H,34,43)(H,35,41)(H,36,42)/t21-,23-,24+,25-,27?,28-/m0/s1. The Bertz CT molecular complexity index is 1290. The fourth-order valence-corrected chi connectivity index (χ4v) is 5.80. The lowest BCUT2D eigenvalue weighted by Crippen LogP contribution is -2.62. The van der Waals surface area contributed by atoms with Crippen LogP contribution < -0.4 is 16.0 Å².